The number of para-hydroxylation sites is 2. The first-order valence-corrected chi connectivity index (χ1v) is 13.5. The van der Waals surface area contributed by atoms with Gasteiger partial charge < -0.3 is 20.1 Å². The van der Waals surface area contributed by atoms with Crippen LogP contribution in [0.3, 0.4) is 0 Å². The van der Waals surface area contributed by atoms with Crippen LogP contribution < -0.4 is 20.3 Å². The van der Waals surface area contributed by atoms with E-state index >= 15 is 0 Å². The molecule has 0 fully saturated rings. The van der Waals surface area contributed by atoms with Crippen molar-refractivity contribution in [2.45, 2.75) is 33.5 Å². The number of ether oxygens (including phenoxy) is 2. The summed E-state index contributed by atoms with van der Waals surface area (Å²) in [6.07, 6.45) is -0.623. The molecule has 39 heavy (non-hydrogen) atoms. The van der Waals surface area contributed by atoms with Gasteiger partial charge in [0.25, 0.3) is 5.91 Å². The second-order valence-corrected chi connectivity index (χ2v) is 9.72. The maximum atomic E-state index is 13.4. The molecule has 202 valence electrons. The molecule has 0 aliphatic heterocycles. The molecule has 8 nitrogen and oxygen atoms in total. The molecule has 1 heterocycles. The molecule has 0 aliphatic rings. The van der Waals surface area contributed by atoms with Gasteiger partial charge in [-0.25, -0.2) is 14.7 Å². The number of aromatic nitrogens is 1. The van der Waals surface area contributed by atoms with E-state index in [-0.39, 0.29) is 12.5 Å². The van der Waals surface area contributed by atoms with Crippen molar-refractivity contribution in [2.75, 3.05) is 18.6 Å². The van der Waals surface area contributed by atoms with E-state index in [2.05, 4.69) is 22.5 Å². The number of thiazole rings is 1. The summed E-state index contributed by atoms with van der Waals surface area (Å²) in [6.45, 7) is 6.01. The van der Waals surface area contributed by atoms with Crippen molar-refractivity contribution in [3.63, 3.8) is 0 Å². The monoisotopic (exact) mass is 544 g/mol. The van der Waals surface area contributed by atoms with E-state index in [9.17, 15) is 9.59 Å². The Morgan fingerprint density at radius 1 is 0.897 bits per heavy atom. The summed E-state index contributed by atoms with van der Waals surface area (Å²) in [7, 11) is 1.53. The van der Waals surface area contributed by atoms with Crippen molar-refractivity contribution in [1.82, 2.24) is 15.6 Å². The van der Waals surface area contributed by atoms with Crippen LogP contribution in [0.25, 0.3) is 0 Å². The smallest absolute Gasteiger partial charge is 0.421 e. The van der Waals surface area contributed by atoms with Gasteiger partial charge >= 0.3 is 6.09 Å². The molecule has 0 radical (unpaired) electrons. The molecule has 2 amide bonds. The molecule has 0 spiro atoms. The largest absolute Gasteiger partial charge is 0.495 e. The molecule has 0 atom stereocenters. The number of hydrogen-bond donors (Lipinski definition) is 2. The minimum Gasteiger partial charge on any atom is -0.495 e. The molecule has 4 aromatic rings. The van der Waals surface area contributed by atoms with Crippen molar-refractivity contribution in [2.24, 2.45) is 0 Å². The zero-order chi connectivity index (χ0) is 27.6. The predicted molar refractivity (Wildman–Crippen MR) is 154 cm³/mol. The molecule has 4 rings (SSSR count). The number of anilines is 2. The van der Waals surface area contributed by atoms with Crippen molar-refractivity contribution < 1.29 is 19.1 Å². The van der Waals surface area contributed by atoms with Crippen LogP contribution in [0.15, 0.2) is 78.9 Å². The van der Waals surface area contributed by atoms with Crippen LogP contribution in [0, 0.1) is 6.92 Å². The van der Waals surface area contributed by atoms with E-state index in [4.69, 9.17) is 9.47 Å². The quantitative estimate of drug-likeness (QED) is 0.242. The van der Waals surface area contributed by atoms with Gasteiger partial charge in [-0.2, -0.15) is 0 Å². The summed E-state index contributed by atoms with van der Waals surface area (Å²) >= 11 is 1.12. The minimum absolute atomic E-state index is 0.0936. The van der Waals surface area contributed by atoms with Gasteiger partial charge in [-0.15, -0.1) is 0 Å². The maximum absolute atomic E-state index is 13.4. The van der Waals surface area contributed by atoms with Gasteiger partial charge in [0.1, 0.15) is 17.2 Å². The first kappa shape index (κ1) is 27.8. The van der Waals surface area contributed by atoms with Gasteiger partial charge in [-0.1, -0.05) is 85.0 Å². The summed E-state index contributed by atoms with van der Waals surface area (Å²) in [4.78, 5) is 32.8. The highest BCUT2D eigenvalue weighted by Gasteiger charge is 2.28. The third kappa shape index (κ3) is 7.22. The number of nitrogens with zero attached hydrogens (tertiary/aromatic N) is 2. The summed E-state index contributed by atoms with van der Waals surface area (Å²) in [5.41, 5.74) is 4.02. The highest BCUT2D eigenvalue weighted by atomic mass is 32.1. The lowest BCUT2D eigenvalue weighted by Crippen LogP contribution is -2.27. The van der Waals surface area contributed by atoms with Crippen LogP contribution in [0.2, 0.25) is 0 Å². The Morgan fingerprint density at radius 2 is 1.56 bits per heavy atom. The summed E-state index contributed by atoms with van der Waals surface area (Å²) < 4.78 is 11.1. The number of methoxy groups -OCH3 is 1. The fraction of sp³-hybridized carbons (Fsp3) is 0.233. The Morgan fingerprint density at radius 3 is 2.26 bits per heavy atom. The van der Waals surface area contributed by atoms with E-state index in [1.165, 1.54) is 17.6 Å². The highest BCUT2D eigenvalue weighted by molar-refractivity contribution is 7.17. The lowest BCUT2D eigenvalue weighted by atomic mass is 10.1. The Hall–Kier alpha value is -4.21. The maximum Gasteiger partial charge on any atom is 0.421 e. The first-order chi connectivity index (χ1) is 19.0. The van der Waals surface area contributed by atoms with E-state index in [1.54, 1.807) is 25.1 Å². The minimum atomic E-state index is -0.623. The Bertz CT molecular complexity index is 1390. The van der Waals surface area contributed by atoms with Gasteiger partial charge in [0.15, 0.2) is 0 Å². The molecule has 0 unspecified atom stereocenters. The van der Waals surface area contributed by atoms with Crippen molar-refractivity contribution in [3.05, 3.63) is 106 Å². The number of rotatable bonds is 11. The SMILES string of the molecule is CCNCc1ccc(CNC(=O)c2sc(N(C(=O)OCc3ccccc3)c3ccccc3OC)nc2C)cc1. The van der Waals surface area contributed by atoms with Gasteiger partial charge in [0, 0.05) is 13.1 Å². The molecule has 0 saturated heterocycles. The van der Waals surface area contributed by atoms with E-state index in [0.717, 1.165) is 35.6 Å². The van der Waals surface area contributed by atoms with E-state index in [0.29, 0.717) is 33.7 Å². The molecule has 9 heteroatoms. The predicted octanol–water partition coefficient (Wildman–Crippen LogP) is 5.97. The van der Waals surface area contributed by atoms with E-state index < -0.39 is 6.09 Å². The lowest BCUT2D eigenvalue weighted by Gasteiger charge is -2.21. The highest BCUT2D eigenvalue weighted by Crippen LogP contribution is 2.37. The molecular weight excluding hydrogens is 512 g/mol. The standard InChI is InChI=1S/C30H32N4O4S/c1-4-31-18-22-14-16-23(17-15-22)19-32-28(35)27-21(2)33-29(39-27)34(25-12-8-9-13-26(25)37-3)30(36)38-20-24-10-6-5-7-11-24/h5-17,31H,4,18-20H2,1-3H3,(H,32,35). The number of aryl methyl sites for hydroxylation is 1. The normalized spacial score (nSPS) is 10.6. The summed E-state index contributed by atoms with van der Waals surface area (Å²) in [5.74, 6) is 0.219. The summed E-state index contributed by atoms with van der Waals surface area (Å²) in [5, 5.41) is 6.57. The van der Waals surface area contributed by atoms with E-state index in [1.807, 2.05) is 60.7 Å². The Labute approximate surface area is 232 Å². The number of hydrogen-bond acceptors (Lipinski definition) is 7. The Balaban J connectivity index is 1.53. The Kier molecular flexibility index (Phi) is 9.66. The zero-order valence-corrected chi connectivity index (χ0v) is 23.1. The van der Waals surface area contributed by atoms with Gasteiger partial charge in [0.2, 0.25) is 5.13 Å². The first-order valence-electron chi connectivity index (χ1n) is 12.7. The fourth-order valence-corrected chi connectivity index (χ4v) is 4.86. The van der Waals surface area contributed by atoms with Crippen LogP contribution in [-0.2, 0) is 24.4 Å². The molecule has 0 saturated carbocycles. The fourth-order valence-electron chi connectivity index (χ4n) is 3.87. The summed E-state index contributed by atoms with van der Waals surface area (Å²) in [6, 6.07) is 24.6. The number of amides is 2. The molecule has 2 N–H and O–H groups in total. The molecule has 0 aliphatic carbocycles. The van der Waals surface area contributed by atoms with Crippen LogP contribution in [0.5, 0.6) is 5.75 Å². The number of carbonyl (C=O) groups is 2. The van der Waals surface area contributed by atoms with Crippen molar-refractivity contribution >= 4 is 34.2 Å². The van der Waals surface area contributed by atoms with Crippen LogP contribution in [-0.4, -0.2) is 30.6 Å². The third-order valence-electron chi connectivity index (χ3n) is 5.95. The molecular formula is C30H32N4O4S. The second-order valence-electron chi connectivity index (χ2n) is 8.74. The van der Waals surface area contributed by atoms with Crippen LogP contribution in [0.1, 0.15) is 39.0 Å². The second kappa shape index (κ2) is 13.5. The lowest BCUT2D eigenvalue weighted by molar-refractivity contribution is 0.0954. The van der Waals surface area contributed by atoms with Crippen molar-refractivity contribution in [1.29, 1.82) is 0 Å². The van der Waals surface area contributed by atoms with Gasteiger partial charge in [0.05, 0.1) is 18.5 Å². The van der Waals surface area contributed by atoms with Gasteiger partial charge in [-0.3, -0.25) is 4.79 Å². The number of carbonyl (C=O) groups excluding carboxylic acids is 2. The topological polar surface area (TPSA) is 92.8 Å². The molecule has 1 aromatic heterocycles. The third-order valence-corrected chi connectivity index (χ3v) is 7.09. The zero-order valence-electron chi connectivity index (χ0n) is 22.3. The molecule has 3 aromatic carbocycles. The molecule has 0 bridgehead atoms. The van der Waals surface area contributed by atoms with Crippen LogP contribution >= 0.6 is 11.3 Å². The number of benzene rings is 3. The van der Waals surface area contributed by atoms with Crippen LogP contribution in [0.4, 0.5) is 15.6 Å². The average molecular weight is 545 g/mol. The van der Waals surface area contributed by atoms with Crippen molar-refractivity contribution in [3.8, 4) is 5.75 Å². The number of nitrogens with one attached hydrogen (secondary N) is 2. The average Bonchev–Trinajstić information content (AvgIpc) is 3.36. The van der Waals surface area contributed by atoms with Gasteiger partial charge in [-0.05, 0) is 42.3 Å².